The summed E-state index contributed by atoms with van der Waals surface area (Å²) in [7, 11) is 0. The molecule has 0 saturated heterocycles. The van der Waals surface area contributed by atoms with Crippen molar-refractivity contribution in [1.82, 2.24) is 10.1 Å². The molecule has 2 N–H and O–H groups in total. The molecule has 0 spiro atoms. The first kappa shape index (κ1) is 17.3. The third kappa shape index (κ3) is 3.59. The Kier molecular flexibility index (Phi) is 4.26. The lowest BCUT2D eigenvalue weighted by molar-refractivity contribution is -0.274. The summed E-state index contributed by atoms with van der Waals surface area (Å²) in [5.74, 6) is -0.0370. The van der Waals surface area contributed by atoms with Crippen LogP contribution < -0.4 is 10.5 Å². The zero-order valence-electron chi connectivity index (χ0n) is 13.3. The van der Waals surface area contributed by atoms with Crippen LogP contribution in [0.4, 0.5) is 19.0 Å². The molecule has 3 rings (SSSR count). The molecule has 0 aliphatic heterocycles. The van der Waals surface area contributed by atoms with Gasteiger partial charge in [-0.3, -0.25) is 0 Å². The topological polar surface area (TPSA) is 98.0 Å². The first-order valence-electron chi connectivity index (χ1n) is 7.27. The van der Waals surface area contributed by atoms with E-state index in [0.717, 1.165) is 12.1 Å². The molecule has 2 aromatic heterocycles. The van der Waals surface area contributed by atoms with E-state index in [4.69, 9.17) is 10.3 Å². The predicted octanol–water partition coefficient (Wildman–Crippen LogP) is 4.06. The van der Waals surface area contributed by atoms with Crippen LogP contribution in [0.15, 0.2) is 40.9 Å². The van der Waals surface area contributed by atoms with Crippen molar-refractivity contribution >= 4 is 5.82 Å². The van der Waals surface area contributed by atoms with Gasteiger partial charge in [0.2, 0.25) is 0 Å². The van der Waals surface area contributed by atoms with Gasteiger partial charge in [-0.2, -0.15) is 5.26 Å². The maximum Gasteiger partial charge on any atom is 0.573 e. The lowest BCUT2D eigenvalue weighted by Crippen LogP contribution is -2.16. The highest BCUT2D eigenvalue weighted by Gasteiger charge is 2.31. The number of aromatic nitrogens is 2. The number of nitrogens with zero attached hydrogens (tertiary/aromatic N) is 3. The van der Waals surface area contributed by atoms with Crippen molar-refractivity contribution in [3.05, 3.63) is 47.7 Å². The van der Waals surface area contributed by atoms with E-state index in [2.05, 4.69) is 14.9 Å². The molecule has 0 aliphatic carbocycles. The molecule has 3 aromatic rings. The Morgan fingerprint density at radius 2 is 1.88 bits per heavy atom. The Morgan fingerprint density at radius 3 is 2.42 bits per heavy atom. The molecule has 0 atom stereocenters. The number of hydrogen-bond acceptors (Lipinski definition) is 6. The number of benzene rings is 1. The highest BCUT2D eigenvalue weighted by Crippen LogP contribution is 2.32. The molecular weight excluding hydrogens is 349 g/mol. The van der Waals surface area contributed by atoms with Gasteiger partial charge in [-0.05, 0) is 37.3 Å². The third-order valence-electron chi connectivity index (χ3n) is 3.44. The molecule has 0 amide bonds. The van der Waals surface area contributed by atoms with E-state index in [0.29, 0.717) is 28.3 Å². The molecule has 0 saturated carbocycles. The Morgan fingerprint density at radius 1 is 1.19 bits per heavy atom. The van der Waals surface area contributed by atoms with Gasteiger partial charge >= 0.3 is 6.36 Å². The summed E-state index contributed by atoms with van der Waals surface area (Å²) in [6, 6.07) is 10.3. The molecule has 132 valence electrons. The van der Waals surface area contributed by atoms with Crippen molar-refractivity contribution in [1.29, 1.82) is 5.26 Å². The van der Waals surface area contributed by atoms with Crippen LogP contribution in [0.3, 0.4) is 0 Å². The lowest BCUT2D eigenvalue weighted by Gasteiger charge is -2.10. The van der Waals surface area contributed by atoms with E-state index >= 15 is 0 Å². The number of rotatable bonds is 3. The van der Waals surface area contributed by atoms with Gasteiger partial charge in [0.25, 0.3) is 0 Å². The Labute approximate surface area is 145 Å². The fourth-order valence-corrected chi connectivity index (χ4v) is 2.34. The number of hydrogen-bond donors (Lipinski definition) is 1. The minimum atomic E-state index is -4.77. The summed E-state index contributed by atoms with van der Waals surface area (Å²) < 4.78 is 45.8. The first-order chi connectivity index (χ1) is 12.3. The van der Waals surface area contributed by atoms with Crippen molar-refractivity contribution in [2.75, 3.05) is 5.73 Å². The van der Waals surface area contributed by atoms with Crippen molar-refractivity contribution in [3.63, 3.8) is 0 Å². The molecule has 0 bridgehead atoms. The monoisotopic (exact) mass is 360 g/mol. The van der Waals surface area contributed by atoms with E-state index in [1.807, 2.05) is 6.07 Å². The number of halogens is 3. The van der Waals surface area contributed by atoms with Gasteiger partial charge in [-0.1, -0.05) is 5.16 Å². The van der Waals surface area contributed by atoms with Gasteiger partial charge in [-0.15, -0.1) is 13.2 Å². The van der Waals surface area contributed by atoms with Crippen LogP contribution >= 0.6 is 0 Å². The summed E-state index contributed by atoms with van der Waals surface area (Å²) in [5, 5.41) is 13.1. The number of alkyl halides is 3. The second-order valence-corrected chi connectivity index (χ2v) is 5.33. The molecule has 26 heavy (non-hydrogen) atoms. The zero-order valence-corrected chi connectivity index (χ0v) is 13.3. The van der Waals surface area contributed by atoms with E-state index in [9.17, 15) is 18.4 Å². The fourth-order valence-electron chi connectivity index (χ4n) is 2.34. The van der Waals surface area contributed by atoms with E-state index < -0.39 is 6.36 Å². The summed E-state index contributed by atoms with van der Waals surface area (Å²) in [4.78, 5) is 4.14. The molecule has 0 unspecified atom stereocenters. The van der Waals surface area contributed by atoms with Crippen molar-refractivity contribution < 1.29 is 22.4 Å². The average Bonchev–Trinajstić information content (AvgIpc) is 2.99. The van der Waals surface area contributed by atoms with Gasteiger partial charge in [0.05, 0.1) is 11.4 Å². The number of nitriles is 1. The zero-order chi connectivity index (χ0) is 18.9. The van der Waals surface area contributed by atoms with Crippen LogP contribution in [0.2, 0.25) is 0 Å². The van der Waals surface area contributed by atoms with Crippen LogP contribution in [0, 0.1) is 18.3 Å². The van der Waals surface area contributed by atoms with Gasteiger partial charge in [-0.25, -0.2) is 4.98 Å². The summed E-state index contributed by atoms with van der Waals surface area (Å²) in [6.07, 6.45) is -4.77. The maximum atomic E-state index is 12.2. The lowest BCUT2D eigenvalue weighted by atomic mass is 10.0. The second kappa shape index (κ2) is 6.40. The highest BCUT2D eigenvalue weighted by molar-refractivity contribution is 5.78. The maximum absolute atomic E-state index is 12.2. The number of nitrogen functional groups attached to an aromatic ring is 1. The SMILES string of the molecule is Cc1cc(-c2cc(-c3ccc(OC(F)(F)F)cc3)nc(N)c2C#N)on1. The summed E-state index contributed by atoms with van der Waals surface area (Å²) >= 11 is 0. The quantitative estimate of drug-likeness (QED) is 0.756. The molecule has 6 nitrogen and oxygen atoms in total. The number of nitrogens with two attached hydrogens (primary N) is 1. The molecule has 2 heterocycles. The number of anilines is 1. The van der Waals surface area contributed by atoms with E-state index in [1.165, 1.54) is 12.1 Å². The van der Waals surface area contributed by atoms with Crippen LogP contribution in [0.25, 0.3) is 22.6 Å². The number of aryl methyl sites for hydroxylation is 1. The molecule has 9 heteroatoms. The Balaban J connectivity index is 2.03. The van der Waals surface area contributed by atoms with E-state index in [1.54, 1.807) is 19.1 Å². The summed E-state index contributed by atoms with van der Waals surface area (Å²) in [5.41, 5.74) is 7.86. The second-order valence-electron chi connectivity index (χ2n) is 5.33. The van der Waals surface area contributed by atoms with Crippen LogP contribution in [-0.2, 0) is 0 Å². The van der Waals surface area contributed by atoms with Gasteiger partial charge in [0.1, 0.15) is 23.2 Å². The van der Waals surface area contributed by atoms with Gasteiger partial charge < -0.3 is 15.0 Å². The fraction of sp³-hybridized carbons (Fsp3) is 0.118. The molecule has 0 aliphatic rings. The third-order valence-corrected chi connectivity index (χ3v) is 3.44. The number of ether oxygens (including phenoxy) is 1. The Bertz CT molecular complexity index is 989. The van der Waals surface area contributed by atoms with Crippen LogP contribution in [0.1, 0.15) is 11.3 Å². The minimum Gasteiger partial charge on any atom is -0.406 e. The van der Waals surface area contributed by atoms with E-state index in [-0.39, 0.29) is 17.1 Å². The molecule has 0 fully saturated rings. The Hall–Kier alpha value is -3.54. The normalized spacial score (nSPS) is 11.2. The number of pyridine rings is 1. The molecule has 0 radical (unpaired) electrons. The van der Waals surface area contributed by atoms with Crippen LogP contribution in [-0.4, -0.2) is 16.5 Å². The van der Waals surface area contributed by atoms with Gasteiger partial charge in [0.15, 0.2) is 5.76 Å². The minimum absolute atomic E-state index is 0.0235. The first-order valence-corrected chi connectivity index (χ1v) is 7.27. The molecular formula is C17H11F3N4O2. The smallest absolute Gasteiger partial charge is 0.406 e. The highest BCUT2D eigenvalue weighted by atomic mass is 19.4. The van der Waals surface area contributed by atoms with Crippen molar-refractivity contribution in [3.8, 4) is 34.4 Å². The van der Waals surface area contributed by atoms with Crippen LogP contribution in [0.5, 0.6) is 5.75 Å². The van der Waals surface area contributed by atoms with Crippen molar-refractivity contribution in [2.45, 2.75) is 13.3 Å². The standard InChI is InChI=1S/C17H11F3N4O2/c1-9-6-15(26-24-9)12-7-14(23-16(22)13(12)8-21)10-2-4-11(5-3-10)25-17(18,19)20/h2-7H,1H3,(H2,22,23). The predicted molar refractivity (Wildman–Crippen MR) is 85.7 cm³/mol. The van der Waals surface area contributed by atoms with Crippen molar-refractivity contribution in [2.24, 2.45) is 0 Å². The largest absolute Gasteiger partial charge is 0.573 e. The molecule has 1 aromatic carbocycles. The summed E-state index contributed by atoms with van der Waals surface area (Å²) in [6.45, 7) is 1.73. The van der Waals surface area contributed by atoms with Gasteiger partial charge in [0, 0.05) is 17.2 Å². The average molecular weight is 360 g/mol.